The Hall–Kier alpha value is -0.910. The number of rotatable bonds is 8. The number of hydrogen-bond donors (Lipinski definition) is 3. The highest BCUT2D eigenvalue weighted by atomic mass is 16.3. The summed E-state index contributed by atoms with van der Waals surface area (Å²) in [5.74, 6) is 0. The Bertz CT molecular complexity index is 159. The summed E-state index contributed by atoms with van der Waals surface area (Å²) in [5.41, 5.74) is 0. The zero-order valence-corrected chi connectivity index (χ0v) is 16.1. The average molecular weight is 323 g/mol. The second-order valence-electron chi connectivity index (χ2n) is 3.70. The molecule has 0 aromatic heterocycles. The van der Waals surface area contributed by atoms with Gasteiger partial charge in [-0.1, -0.05) is 41.0 Å². The standard InChI is InChI=1S/C10H24N2O.2C2H6.C2H4.CH2O2/c1-4-5-10(11-2)6-7-12(3)8-9-13;3*1-2;2-1-3/h10-11,13H,4-9H2,1-3H3;2*1-2H3;1-2H2;1H,(H,2,3). The van der Waals surface area contributed by atoms with E-state index in [1.54, 1.807) is 0 Å². The molecule has 5 heteroatoms. The molecule has 3 N–H and O–H groups in total. The van der Waals surface area contributed by atoms with Crippen molar-refractivity contribution < 1.29 is 15.0 Å². The quantitative estimate of drug-likeness (QED) is 0.472. The highest BCUT2D eigenvalue weighted by molar-refractivity contribution is 5.32. The van der Waals surface area contributed by atoms with Gasteiger partial charge in [-0.05, 0) is 33.5 Å². The van der Waals surface area contributed by atoms with Gasteiger partial charge in [0.2, 0.25) is 0 Å². The summed E-state index contributed by atoms with van der Waals surface area (Å²) in [6.07, 6.45) is 3.64. The predicted molar refractivity (Wildman–Crippen MR) is 99.6 cm³/mol. The van der Waals surface area contributed by atoms with Crippen molar-refractivity contribution in [2.24, 2.45) is 0 Å². The molecule has 0 aromatic rings. The first-order valence-corrected chi connectivity index (χ1v) is 8.20. The summed E-state index contributed by atoms with van der Waals surface area (Å²) < 4.78 is 0. The lowest BCUT2D eigenvalue weighted by Crippen LogP contribution is -2.31. The molecule has 0 spiro atoms. The molecule has 1 atom stereocenters. The Morgan fingerprint density at radius 2 is 1.55 bits per heavy atom. The van der Waals surface area contributed by atoms with E-state index < -0.39 is 0 Å². The van der Waals surface area contributed by atoms with Gasteiger partial charge in [-0.2, -0.15) is 0 Å². The molecule has 138 valence electrons. The summed E-state index contributed by atoms with van der Waals surface area (Å²) in [6.45, 7) is 18.1. The Balaban J connectivity index is -0.0000000900. The maximum atomic E-state index is 8.71. The van der Waals surface area contributed by atoms with E-state index in [1.807, 2.05) is 34.7 Å². The minimum atomic E-state index is -0.250. The highest BCUT2D eigenvalue weighted by Gasteiger charge is 2.05. The van der Waals surface area contributed by atoms with Gasteiger partial charge < -0.3 is 20.4 Å². The number of aliphatic hydroxyl groups is 1. The van der Waals surface area contributed by atoms with Crippen LogP contribution in [0.1, 0.15) is 53.9 Å². The van der Waals surface area contributed by atoms with Gasteiger partial charge in [0.05, 0.1) is 6.61 Å². The van der Waals surface area contributed by atoms with Gasteiger partial charge in [0, 0.05) is 12.6 Å². The fourth-order valence-corrected chi connectivity index (χ4v) is 1.44. The summed E-state index contributed by atoms with van der Waals surface area (Å²) in [7, 11) is 4.07. The molecule has 0 bridgehead atoms. The first-order valence-electron chi connectivity index (χ1n) is 8.20. The van der Waals surface area contributed by atoms with Gasteiger partial charge in [0.25, 0.3) is 6.47 Å². The van der Waals surface area contributed by atoms with E-state index in [0.29, 0.717) is 6.04 Å². The van der Waals surface area contributed by atoms with Crippen LogP contribution >= 0.6 is 0 Å². The minimum absolute atomic E-state index is 0.250. The van der Waals surface area contributed by atoms with Crippen LogP contribution in [0, 0.1) is 0 Å². The number of nitrogens with zero attached hydrogens (tertiary/aromatic N) is 1. The lowest BCUT2D eigenvalue weighted by atomic mass is 10.1. The Morgan fingerprint density at radius 1 is 1.14 bits per heavy atom. The number of hydrogen-bond acceptors (Lipinski definition) is 4. The highest BCUT2D eigenvalue weighted by Crippen LogP contribution is 2.01. The van der Waals surface area contributed by atoms with E-state index in [2.05, 4.69) is 37.3 Å². The van der Waals surface area contributed by atoms with Crippen molar-refractivity contribution in [3.8, 4) is 0 Å². The average Bonchev–Trinajstić information content (AvgIpc) is 2.58. The van der Waals surface area contributed by atoms with Crippen molar-refractivity contribution in [2.75, 3.05) is 33.8 Å². The topological polar surface area (TPSA) is 72.8 Å². The van der Waals surface area contributed by atoms with Crippen molar-refractivity contribution in [1.29, 1.82) is 0 Å². The molecule has 0 amide bonds. The second kappa shape index (κ2) is 42.7. The van der Waals surface area contributed by atoms with Crippen molar-refractivity contribution in [3.05, 3.63) is 13.2 Å². The first kappa shape index (κ1) is 32.9. The van der Waals surface area contributed by atoms with Gasteiger partial charge >= 0.3 is 0 Å². The summed E-state index contributed by atoms with van der Waals surface area (Å²) in [4.78, 5) is 10.5. The van der Waals surface area contributed by atoms with Crippen LogP contribution in [0.15, 0.2) is 13.2 Å². The van der Waals surface area contributed by atoms with E-state index in [1.165, 1.54) is 19.3 Å². The molecule has 0 heterocycles. The van der Waals surface area contributed by atoms with Gasteiger partial charge in [-0.25, -0.2) is 0 Å². The van der Waals surface area contributed by atoms with Crippen molar-refractivity contribution in [3.63, 3.8) is 0 Å². The summed E-state index contributed by atoms with van der Waals surface area (Å²) in [5, 5.41) is 18.9. The van der Waals surface area contributed by atoms with Crippen molar-refractivity contribution in [2.45, 2.75) is 59.9 Å². The molecule has 0 saturated carbocycles. The lowest BCUT2D eigenvalue weighted by molar-refractivity contribution is -0.122. The lowest BCUT2D eigenvalue weighted by Gasteiger charge is -2.20. The molecule has 0 aliphatic rings. The monoisotopic (exact) mass is 322 g/mol. The van der Waals surface area contributed by atoms with Crippen LogP contribution in [0.4, 0.5) is 0 Å². The number of carbonyl (C=O) groups is 1. The molecule has 0 aliphatic heterocycles. The fourth-order valence-electron chi connectivity index (χ4n) is 1.44. The van der Waals surface area contributed by atoms with Gasteiger partial charge in [0.15, 0.2) is 0 Å². The Morgan fingerprint density at radius 3 is 1.82 bits per heavy atom. The van der Waals surface area contributed by atoms with E-state index in [-0.39, 0.29) is 13.1 Å². The minimum Gasteiger partial charge on any atom is -0.483 e. The molecular formula is C17H42N2O3. The third-order valence-corrected chi connectivity index (χ3v) is 2.39. The predicted octanol–water partition coefficient (Wildman–Crippen LogP) is 3.24. The zero-order valence-electron chi connectivity index (χ0n) is 16.1. The summed E-state index contributed by atoms with van der Waals surface area (Å²) in [6, 6.07) is 0.631. The van der Waals surface area contributed by atoms with E-state index in [0.717, 1.165) is 13.1 Å². The largest absolute Gasteiger partial charge is 0.483 e. The van der Waals surface area contributed by atoms with E-state index in [4.69, 9.17) is 15.0 Å². The first-order chi connectivity index (χ1) is 10.7. The fraction of sp³-hybridized carbons (Fsp3) is 0.824. The zero-order chi connectivity index (χ0) is 18.8. The molecule has 0 saturated heterocycles. The molecule has 5 nitrogen and oxygen atoms in total. The number of aliphatic hydroxyl groups excluding tert-OH is 1. The second-order valence-corrected chi connectivity index (χ2v) is 3.70. The van der Waals surface area contributed by atoms with Crippen LogP contribution in [0.5, 0.6) is 0 Å². The van der Waals surface area contributed by atoms with E-state index in [9.17, 15) is 0 Å². The molecule has 0 fully saturated rings. The third kappa shape index (κ3) is 42.7. The van der Waals surface area contributed by atoms with Gasteiger partial charge in [-0.15, -0.1) is 13.2 Å². The maximum Gasteiger partial charge on any atom is 0.290 e. The summed E-state index contributed by atoms with van der Waals surface area (Å²) >= 11 is 0. The third-order valence-electron chi connectivity index (χ3n) is 2.39. The van der Waals surface area contributed by atoms with Crippen LogP contribution in [-0.4, -0.2) is 61.4 Å². The molecule has 0 aromatic carbocycles. The van der Waals surface area contributed by atoms with Crippen LogP contribution in [0.3, 0.4) is 0 Å². The van der Waals surface area contributed by atoms with Crippen molar-refractivity contribution >= 4 is 6.47 Å². The van der Waals surface area contributed by atoms with Crippen LogP contribution < -0.4 is 5.32 Å². The Labute approximate surface area is 139 Å². The maximum absolute atomic E-state index is 8.71. The smallest absolute Gasteiger partial charge is 0.290 e. The van der Waals surface area contributed by atoms with Crippen LogP contribution in [0.2, 0.25) is 0 Å². The van der Waals surface area contributed by atoms with Gasteiger partial charge in [0.1, 0.15) is 0 Å². The van der Waals surface area contributed by atoms with Crippen molar-refractivity contribution in [1.82, 2.24) is 10.2 Å². The van der Waals surface area contributed by atoms with E-state index >= 15 is 0 Å². The number of carboxylic acid groups (broad SMARTS) is 1. The number of likely N-dealkylation sites (N-methyl/N-ethyl adjacent to an activating group) is 1. The molecular weight excluding hydrogens is 280 g/mol. The molecule has 1 unspecified atom stereocenters. The van der Waals surface area contributed by atoms with Gasteiger partial charge in [-0.3, -0.25) is 4.79 Å². The van der Waals surface area contributed by atoms with Crippen LogP contribution in [0.25, 0.3) is 0 Å². The molecule has 0 radical (unpaired) electrons. The normalized spacial score (nSPS) is 9.32. The number of nitrogens with one attached hydrogen (secondary N) is 1. The Kier molecular flexibility index (Phi) is 63.9. The molecule has 0 aliphatic carbocycles. The van der Waals surface area contributed by atoms with Crippen LogP contribution in [-0.2, 0) is 4.79 Å². The molecule has 0 rings (SSSR count). The SMILES string of the molecule is C=C.CC.CC.CCCC(CCN(C)CCO)NC.O=CO. The molecule has 22 heavy (non-hydrogen) atoms.